The van der Waals surface area contributed by atoms with Crippen molar-refractivity contribution in [1.29, 1.82) is 0 Å². The lowest BCUT2D eigenvalue weighted by Crippen LogP contribution is -2.39. The first-order valence-electron chi connectivity index (χ1n) is 9.23. The molecule has 0 aromatic heterocycles. The molecule has 1 aliphatic heterocycles. The predicted octanol–water partition coefficient (Wildman–Crippen LogP) is 3.68. The van der Waals surface area contributed by atoms with E-state index in [0.717, 1.165) is 29.8 Å². The molecule has 0 atom stereocenters. The molecule has 1 aliphatic rings. The van der Waals surface area contributed by atoms with Gasteiger partial charge in [-0.2, -0.15) is 0 Å². The molecule has 1 N–H and O–H groups in total. The van der Waals surface area contributed by atoms with Gasteiger partial charge in [-0.25, -0.2) is 9.18 Å². The van der Waals surface area contributed by atoms with E-state index in [1.165, 1.54) is 12.1 Å². The minimum atomic E-state index is -0.305. The predicted molar refractivity (Wildman–Crippen MR) is 103 cm³/mol. The fourth-order valence-electron chi connectivity index (χ4n) is 3.19. The number of rotatable bonds is 6. The monoisotopic (exact) mass is 369 g/mol. The number of urea groups is 1. The number of carbonyl (C=O) groups excluding carboxylic acids is 2. The average Bonchev–Trinajstić information content (AvgIpc) is 3.10. The maximum absolute atomic E-state index is 13.3. The van der Waals surface area contributed by atoms with E-state index in [1.54, 1.807) is 21.9 Å². The summed E-state index contributed by atoms with van der Waals surface area (Å²) in [4.78, 5) is 27.6. The van der Waals surface area contributed by atoms with E-state index in [2.05, 4.69) is 5.32 Å². The lowest BCUT2D eigenvalue weighted by atomic mass is 10.2. The zero-order chi connectivity index (χ0) is 19.2. The summed E-state index contributed by atoms with van der Waals surface area (Å²) in [6, 6.07) is 13.7. The summed E-state index contributed by atoms with van der Waals surface area (Å²) in [5.41, 5.74) is 2.61. The van der Waals surface area contributed by atoms with Crippen LogP contribution < -0.4 is 10.2 Å². The molecule has 2 aromatic rings. The van der Waals surface area contributed by atoms with E-state index in [1.807, 2.05) is 31.2 Å². The van der Waals surface area contributed by atoms with Crippen LogP contribution in [0.15, 0.2) is 48.5 Å². The quantitative estimate of drug-likeness (QED) is 0.844. The maximum Gasteiger partial charge on any atom is 0.317 e. The molecule has 3 rings (SSSR count). The Morgan fingerprint density at radius 3 is 2.59 bits per heavy atom. The van der Waals surface area contributed by atoms with E-state index in [0.29, 0.717) is 26.1 Å². The molecule has 27 heavy (non-hydrogen) atoms. The van der Waals surface area contributed by atoms with Gasteiger partial charge >= 0.3 is 6.03 Å². The lowest BCUT2D eigenvalue weighted by Gasteiger charge is -2.22. The second kappa shape index (κ2) is 8.66. The average molecular weight is 369 g/mol. The summed E-state index contributed by atoms with van der Waals surface area (Å²) in [6.07, 6.45) is 1.50. The number of amides is 3. The first-order chi connectivity index (χ1) is 13.1. The molecule has 2 aromatic carbocycles. The minimum absolute atomic E-state index is 0.159. The number of hydrogen-bond donors (Lipinski definition) is 1. The third-order valence-corrected chi connectivity index (χ3v) is 4.70. The van der Waals surface area contributed by atoms with Gasteiger partial charge in [0.05, 0.1) is 0 Å². The zero-order valence-corrected chi connectivity index (χ0v) is 15.5. The summed E-state index contributed by atoms with van der Waals surface area (Å²) >= 11 is 0. The molecular formula is C21H24FN3O2. The second-order valence-corrected chi connectivity index (χ2v) is 6.62. The molecule has 1 saturated heterocycles. The Labute approximate surface area is 158 Å². The van der Waals surface area contributed by atoms with Crippen molar-refractivity contribution in [3.05, 3.63) is 65.5 Å². The number of hydrogen-bond acceptors (Lipinski definition) is 2. The van der Waals surface area contributed by atoms with E-state index < -0.39 is 0 Å². The number of nitrogens with one attached hydrogen (secondary N) is 1. The Bertz CT molecular complexity index is 807. The van der Waals surface area contributed by atoms with Gasteiger partial charge in [-0.15, -0.1) is 0 Å². The van der Waals surface area contributed by atoms with Crippen LogP contribution in [0.5, 0.6) is 0 Å². The van der Waals surface area contributed by atoms with Crippen LogP contribution in [0, 0.1) is 5.82 Å². The molecule has 3 amide bonds. The minimum Gasteiger partial charge on any atom is -0.334 e. The number of nitrogens with zero attached hydrogens (tertiary/aromatic N) is 2. The molecular weight excluding hydrogens is 345 g/mol. The van der Waals surface area contributed by atoms with Crippen molar-refractivity contribution >= 4 is 17.6 Å². The highest BCUT2D eigenvalue weighted by Crippen LogP contribution is 2.21. The Kier molecular flexibility index (Phi) is 6.06. The van der Waals surface area contributed by atoms with Crippen LogP contribution in [0.25, 0.3) is 0 Å². The van der Waals surface area contributed by atoms with Gasteiger partial charge < -0.3 is 15.1 Å². The van der Waals surface area contributed by atoms with Gasteiger partial charge in [-0.05, 0) is 48.7 Å². The van der Waals surface area contributed by atoms with Crippen molar-refractivity contribution in [2.45, 2.75) is 32.9 Å². The Morgan fingerprint density at radius 2 is 1.96 bits per heavy atom. The van der Waals surface area contributed by atoms with Gasteiger partial charge in [0.25, 0.3) is 0 Å². The highest BCUT2D eigenvalue weighted by Gasteiger charge is 2.21. The van der Waals surface area contributed by atoms with Crippen molar-refractivity contribution in [2.24, 2.45) is 0 Å². The number of anilines is 1. The third kappa shape index (κ3) is 4.84. The largest absolute Gasteiger partial charge is 0.334 e. The van der Waals surface area contributed by atoms with Crippen LogP contribution in [-0.2, 0) is 17.9 Å². The van der Waals surface area contributed by atoms with E-state index in [4.69, 9.17) is 0 Å². The Hall–Kier alpha value is -2.89. The molecule has 0 radical (unpaired) electrons. The zero-order valence-electron chi connectivity index (χ0n) is 15.5. The molecule has 5 nitrogen and oxygen atoms in total. The fourth-order valence-corrected chi connectivity index (χ4v) is 3.19. The van der Waals surface area contributed by atoms with Gasteiger partial charge in [0.15, 0.2) is 0 Å². The van der Waals surface area contributed by atoms with Crippen LogP contribution in [-0.4, -0.2) is 29.9 Å². The number of halogens is 1. The van der Waals surface area contributed by atoms with Crippen LogP contribution in [0.3, 0.4) is 0 Å². The normalized spacial score (nSPS) is 13.7. The topological polar surface area (TPSA) is 52.7 Å². The van der Waals surface area contributed by atoms with Crippen molar-refractivity contribution in [3.8, 4) is 0 Å². The van der Waals surface area contributed by atoms with E-state index >= 15 is 0 Å². The van der Waals surface area contributed by atoms with Crippen LogP contribution in [0.4, 0.5) is 14.9 Å². The molecule has 6 heteroatoms. The maximum atomic E-state index is 13.3. The van der Waals surface area contributed by atoms with E-state index in [-0.39, 0.29) is 17.8 Å². The SMILES string of the molecule is CCN(Cc1cccc(F)c1)C(=O)NCc1ccc(N2CCCC2=O)cc1. The van der Waals surface area contributed by atoms with Gasteiger partial charge in [-0.1, -0.05) is 24.3 Å². The first kappa shape index (κ1) is 18.9. The second-order valence-electron chi connectivity index (χ2n) is 6.62. The number of benzene rings is 2. The molecule has 0 aliphatic carbocycles. The third-order valence-electron chi connectivity index (χ3n) is 4.70. The number of carbonyl (C=O) groups is 2. The molecule has 1 fully saturated rings. The van der Waals surface area contributed by atoms with Gasteiger partial charge in [-0.3, -0.25) is 4.79 Å². The fraction of sp³-hybridized carbons (Fsp3) is 0.333. The van der Waals surface area contributed by atoms with Gasteiger partial charge in [0, 0.05) is 38.3 Å². The molecule has 0 saturated carbocycles. The van der Waals surface area contributed by atoms with Crippen molar-refractivity contribution < 1.29 is 14.0 Å². The molecule has 1 heterocycles. The van der Waals surface area contributed by atoms with Crippen LogP contribution >= 0.6 is 0 Å². The Morgan fingerprint density at radius 1 is 1.19 bits per heavy atom. The first-order valence-corrected chi connectivity index (χ1v) is 9.23. The summed E-state index contributed by atoms with van der Waals surface area (Å²) in [5.74, 6) is -0.146. The molecule has 0 bridgehead atoms. The van der Waals surface area contributed by atoms with Crippen LogP contribution in [0.1, 0.15) is 30.9 Å². The molecule has 0 spiro atoms. The standard InChI is InChI=1S/C21H24FN3O2/c1-2-24(15-17-5-3-6-18(22)13-17)21(27)23-14-16-8-10-19(11-9-16)25-12-4-7-20(25)26/h3,5-6,8-11,13H,2,4,7,12,14-15H2,1H3,(H,23,27). The van der Waals surface area contributed by atoms with Crippen molar-refractivity contribution in [3.63, 3.8) is 0 Å². The van der Waals surface area contributed by atoms with E-state index in [9.17, 15) is 14.0 Å². The Balaban J connectivity index is 1.55. The summed E-state index contributed by atoms with van der Waals surface area (Å²) in [5, 5.41) is 2.90. The highest BCUT2D eigenvalue weighted by atomic mass is 19.1. The molecule has 142 valence electrons. The highest BCUT2D eigenvalue weighted by molar-refractivity contribution is 5.95. The smallest absolute Gasteiger partial charge is 0.317 e. The van der Waals surface area contributed by atoms with Gasteiger partial charge in [0.2, 0.25) is 5.91 Å². The van der Waals surface area contributed by atoms with Gasteiger partial charge in [0.1, 0.15) is 5.82 Å². The summed E-state index contributed by atoms with van der Waals surface area (Å²) < 4.78 is 13.3. The lowest BCUT2D eigenvalue weighted by molar-refractivity contribution is -0.117. The summed E-state index contributed by atoms with van der Waals surface area (Å²) in [6.45, 7) is 3.93. The van der Waals surface area contributed by atoms with Crippen LogP contribution in [0.2, 0.25) is 0 Å². The molecule has 0 unspecified atom stereocenters. The summed E-state index contributed by atoms with van der Waals surface area (Å²) in [7, 11) is 0. The van der Waals surface area contributed by atoms with Crippen molar-refractivity contribution in [2.75, 3.05) is 18.0 Å². The van der Waals surface area contributed by atoms with Crippen molar-refractivity contribution in [1.82, 2.24) is 10.2 Å².